The number of allylic oxidation sites excluding steroid dienone is 4. The van der Waals surface area contributed by atoms with Crippen LogP contribution in [-0.2, 0) is 0 Å². The van der Waals surface area contributed by atoms with Gasteiger partial charge in [-0.15, -0.1) is 0 Å². The minimum Gasteiger partial charge on any atom is -0.258 e. The van der Waals surface area contributed by atoms with Crippen molar-refractivity contribution in [1.29, 1.82) is 0 Å². The highest BCUT2D eigenvalue weighted by Crippen LogP contribution is 2.09. The Balaban J connectivity index is 2.49. The van der Waals surface area contributed by atoms with Gasteiger partial charge in [0.05, 0.1) is 4.92 Å². The molecule has 0 saturated heterocycles. The Kier molecular flexibility index (Phi) is 5.48. The first-order valence-corrected chi connectivity index (χ1v) is 5.91. The summed E-state index contributed by atoms with van der Waals surface area (Å²) in [5, 5.41) is 10.3. The highest BCUT2D eigenvalue weighted by Gasteiger charge is 1.98. The zero-order chi connectivity index (χ0) is 14.3. The van der Waals surface area contributed by atoms with E-state index in [-0.39, 0.29) is 5.70 Å². The molecule has 0 saturated carbocycles. The van der Waals surface area contributed by atoms with Crippen molar-refractivity contribution < 1.29 is 4.92 Å². The van der Waals surface area contributed by atoms with Crippen LogP contribution in [0.4, 0.5) is 0 Å². The van der Waals surface area contributed by atoms with E-state index in [1.54, 1.807) is 6.08 Å². The van der Waals surface area contributed by atoms with Gasteiger partial charge in [0.2, 0.25) is 0 Å². The molecule has 1 rings (SSSR count). The van der Waals surface area contributed by atoms with Gasteiger partial charge in [-0.1, -0.05) is 60.2 Å². The van der Waals surface area contributed by atoms with Gasteiger partial charge < -0.3 is 0 Å². The molecular formula is C16H17NO2. The van der Waals surface area contributed by atoms with E-state index in [1.165, 1.54) is 11.6 Å². The second-order valence-corrected chi connectivity index (χ2v) is 4.26. The predicted octanol–water partition coefficient (Wildman–Crippen LogP) is 4.30. The van der Waals surface area contributed by atoms with Crippen LogP contribution in [-0.4, -0.2) is 4.92 Å². The van der Waals surface area contributed by atoms with Crippen LogP contribution < -0.4 is 0 Å². The summed E-state index contributed by atoms with van der Waals surface area (Å²) in [5.41, 5.74) is 3.09. The van der Waals surface area contributed by atoms with Crippen LogP contribution in [0.2, 0.25) is 0 Å². The van der Waals surface area contributed by atoms with Gasteiger partial charge in [0, 0.05) is 6.08 Å². The highest BCUT2D eigenvalue weighted by atomic mass is 16.6. The number of hydrogen-bond donors (Lipinski definition) is 0. The molecule has 1 aromatic rings. The second kappa shape index (κ2) is 7.11. The van der Waals surface area contributed by atoms with E-state index in [0.717, 1.165) is 11.1 Å². The Bertz CT molecular complexity index is 536. The summed E-state index contributed by atoms with van der Waals surface area (Å²) in [5.74, 6) is 0. The Morgan fingerprint density at radius 3 is 2.47 bits per heavy atom. The normalized spacial score (nSPS) is 11.0. The minimum atomic E-state index is -0.512. The molecule has 0 bridgehead atoms. The Morgan fingerprint density at radius 2 is 1.89 bits per heavy atom. The first-order valence-electron chi connectivity index (χ1n) is 5.91. The van der Waals surface area contributed by atoms with E-state index < -0.39 is 4.92 Å². The molecule has 0 aromatic heterocycles. The van der Waals surface area contributed by atoms with E-state index in [1.807, 2.05) is 43.3 Å². The maximum absolute atomic E-state index is 10.3. The first-order chi connectivity index (χ1) is 8.99. The van der Waals surface area contributed by atoms with Crippen LogP contribution in [0.3, 0.4) is 0 Å². The lowest BCUT2D eigenvalue weighted by atomic mass is 10.1. The number of nitro groups is 1. The molecule has 0 aliphatic heterocycles. The second-order valence-electron chi connectivity index (χ2n) is 4.26. The lowest BCUT2D eigenvalue weighted by Gasteiger charge is -1.96. The summed E-state index contributed by atoms with van der Waals surface area (Å²) in [6, 6.07) is 8.15. The number of aryl methyl sites for hydroxylation is 1. The zero-order valence-electron chi connectivity index (χ0n) is 11.0. The van der Waals surface area contributed by atoms with Crippen LogP contribution in [0.5, 0.6) is 0 Å². The minimum absolute atomic E-state index is 0.115. The molecule has 0 radical (unpaired) electrons. The maximum atomic E-state index is 10.3. The molecule has 0 heterocycles. The van der Waals surface area contributed by atoms with Crippen LogP contribution in [0, 0.1) is 17.0 Å². The lowest BCUT2D eigenvalue weighted by Crippen LogP contribution is -1.92. The van der Waals surface area contributed by atoms with Crippen molar-refractivity contribution in [2.75, 3.05) is 0 Å². The van der Waals surface area contributed by atoms with Gasteiger partial charge in [0.15, 0.2) is 0 Å². The summed E-state index contributed by atoms with van der Waals surface area (Å²) in [6.45, 7) is 9.25. The molecule has 0 aliphatic carbocycles. The van der Waals surface area contributed by atoms with Gasteiger partial charge in [-0.2, -0.15) is 0 Å². The first kappa shape index (κ1) is 14.6. The topological polar surface area (TPSA) is 43.1 Å². The summed E-state index contributed by atoms with van der Waals surface area (Å²) >= 11 is 0. The largest absolute Gasteiger partial charge is 0.262 e. The van der Waals surface area contributed by atoms with E-state index in [9.17, 15) is 10.1 Å². The van der Waals surface area contributed by atoms with Crippen molar-refractivity contribution in [3.05, 3.63) is 88.2 Å². The molecular weight excluding hydrogens is 238 g/mol. The van der Waals surface area contributed by atoms with Crippen LogP contribution in [0.1, 0.15) is 17.5 Å². The van der Waals surface area contributed by atoms with Gasteiger partial charge in [0.1, 0.15) is 0 Å². The monoisotopic (exact) mass is 255 g/mol. The molecule has 0 unspecified atom stereocenters. The van der Waals surface area contributed by atoms with E-state index in [2.05, 4.69) is 13.2 Å². The predicted molar refractivity (Wildman–Crippen MR) is 79.2 cm³/mol. The van der Waals surface area contributed by atoms with Crippen LogP contribution >= 0.6 is 0 Å². The number of rotatable bonds is 6. The summed E-state index contributed by atoms with van der Waals surface area (Å²) in [4.78, 5) is 9.82. The average Bonchev–Trinajstić information content (AvgIpc) is 2.37. The fourth-order valence-corrected chi connectivity index (χ4v) is 1.37. The van der Waals surface area contributed by atoms with E-state index in [4.69, 9.17) is 0 Å². The Hall–Kier alpha value is -2.42. The van der Waals surface area contributed by atoms with Crippen LogP contribution in [0.15, 0.2) is 66.9 Å². The quantitative estimate of drug-likeness (QED) is 0.432. The maximum Gasteiger partial charge on any atom is 0.262 e. The lowest BCUT2D eigenvalue weighted by molar-refractivity contribution is -0.418. The molecule has 0 fully saturated rings. The molecule has 0 spiro atoms. The third kappa shape index (κ3) is 5.64. The van der Waals surface area contributed by atoms with E-state index >= 15 is 0 Å². The van der Waals surface area contributed by atoms with Crippen molar-refractivity contribution in [2.45, 2.75) is 13.3 Å². The Labute approximate surface area is 113 Å². The summed E-state index contributed by atoms with van der Waals surface area (Å²) in [7, 11) is 0. The molecule has 3 nitrogen and oxygen atoms in total. The van der Waals surface area contributed by atoms with Crippen molar-refractivity contribution in [3.63, 3.8) is 0 Å². The summed E-state index contributed by atoms with van der Waals surface area (Å²) < 4.78 is 0. The summed E-state index contributed by atoms with van der Waals surface area (Å²) in [6.07, 6.45) is 7.52. The standard InChI is InChI=1S/C16H17NO2/c1-13(5-4-6-15(3)17(18)19)7-10-16-11-8-14(2)9-12-16/h4,6-12H,1,3,5H2,2H3/b6-4-,10-7+. The van der Waals surface area contributed by atoms with Gasteiger partial charge >= 0.3 is 0 Å². The molecule has 0 N–H and O–H groups in total. The molecule has 19 heavy (non-hydrogen) atoms. The Morgan fingerprint density at radius 1 is 1.26 bits per heavy atom. The fraction of sp³-hybridized carbons (Fsp3) is 0.125. The number of benzene rings is 1. The van der Waals surface area contributed by atoms with Gasteiger partial charge in [-0.25, -0.2) is 0 Å². The molecule has 0 atom stereocenters. The molecule has 98 valence electrons. The number of nitrogens with zero attached hydrogens (tertiary/aromatic N) is 1. The van der Waals surface area contributed by atoms with Crippen molar-refractivity contribution >= 4 is 6.08 Å². The molecule has 0 aliphatic rings. The third-order valence-electron chi connectivity index (χ3n) is 2.51. The average molecular weight is 255 g/mol. The van der Waals surface area contributed by atoms with Gasteiger partial charge in [-0.05, 0) is 25.5 Å². The molecule has 3 heteroatoms. The fourth-order valence-electron chi connectivity index (χ4n) is 1.37. The van der Waals surface area contributed by atoms with Crippen molar-refractivity contribution in [1.82, 2.24) is 0 Å². The number of hydrogen-bond acceptors (Lipinski definition) is 2. The van der Waals surface area contributed by atoms with E-state index in [0.29, 0.717) is 6.42 Å². The third-order valence-corrected chi connectivity index (χ3v) is 2.51. The van der Waals surface area contributed by atoms with Gasteiger partial charge in [-0.3, -0.25) is 10.1 Å². The zero-order valence-corrected chi connectivity index (χ0v) is 11.0. The van der Waals surface area contributed by atoms with Crippen molar-refractivity contribution in [3.8, 4) is 0 Å². The van der Waals surface area contributed by atoms with Gasteiger partial charge in [0.25, 0.3) is 5.70 Å². The molecule has 1 aromatic carbocycles. The SMILES string of the molecule is C=C(/C=C/c1ccc(C)cc1)C/C=C\C(=C)[N+](=O)[O-]. The van der Waals surface area contributed by atoms with Crippen molar-refractivity contribution in [2.24, 2.45) is 0 Å². The molecule has 0 amide bonds. The smallest absolute Gasteiger partial charge is 0.258 e. The van der Waals surface area contributed by atoms with Crippen LogP contribution in [0.25, 0.3) is 6.08 Å². The highest BCUT2D eigenvalue weighted by molar-refractivity contribution is 5.53.